The fraction of sp³-hybridized carbons (Fsp3) is 0.458. The van der Waals surface area contributed by atoms with Crippen molar-refractivity contribution >= 4 is 21.6 Å². The Kier molecular flexibility index (Phi) is 8.35. The summed E-state index contributed by atoms with van der Waals surface area (Å²) < 4.78 is 31.7. The first-order valence-electron chi connectivity index (χ1n) is 11.0. The molecule has 0 atom stereocenters. The molecule has 0 heterocycles. The van der Waals surface area contributed by atoms with Crippen molar-refractivity contribution < 1.29 is 17.9 Å². The number of amides is 1. The van der Waals surface area contributed by atoms with Crippen LogP contribution < -0.4 is 14.4 Å². The highest BCUT2D eigenvalue weighted by atomic mass is 32.2. The van der Waals surface area contributed by atoms with Gasteiger partial charge < -0.3 is 10.1 Å². The van der Waals surface area contributed by atoms with Gasteiger partial charge in [-0.2, -0.15) is 0 Å². The largest absolute Gasteiger partial charge is 0.489 e. The highest BCUT2D eigenvalue weighted by Crippen LogP contribution is 2.23. The van der Waals surface area contributed by atoms with Crippen LogP contribution in [0.5, 0.6) is 5.75 Å². The molecule has 6 nitrogen and oxygen atoms in total. The van der Waals surface area contributed by atoms with Crippen molar-refractivity contribution in [2.24, 2.45) is 0 Å². The lowest BCUT2D eigenvalue weighted by atomic mass is 9.97. The highest BCUT2D eigenvalue weighted by Gasteiger charge is 2.22. The van der Waals surface area contributed by atoms with E-state index < -0.39 is 10.0 Å². The van der Waals surface area contributed by atoms with Crippen LogP contribution in [0.15, 0.2) is 54.6 Å². The van der Waals surface area contributed by atoms with Gasteiger partial charge in [0, 0.05) is 6.04 Å². The summed E-state index contributed by atoms with van der Waals surface area (Å²) >= 11 is 0. The molecule has 0 unspecified atom stereocenters. The average molecular weight is 445 g/mol. The molecular weight excluding hydrogens is 412 g/mol. The van der Waals surface area contributed by atoms with E-state index in [1.54, 1.807) is 24.3 Å². The predicted molar refractivity (Wildman–Crippen MR) is 124 cm³/mol. The van der Waals surface area contributed by atoms with Gasteiger partial charge in [0.15, 0.2) is 0 Å². The maximum atomic E-state index is 12.6. The Morgan fingerprint density at radius 2 is 1.58 bits per heavy atom. The number of ether oxygens (including phenoxy) is 1. The highest BCUT2D eigenvalue weighted by molar-refractivity contribution is 7.92. The SMILES string of the molecule is CS(=O)(=O)N(CC(=O)NC1CCCCCCC1)c1ccc(OCc2ccccc2)cc1. The molecule has 3 rings (SSSR count). The quantitative estimate of drug-likeness (QED) is 0.660. The minimum absolute atomic E-state index is 0.128. The summed E-state index contributed by atoms with van der Waals surface area (Å²) in [5, 5.41) is 3.04. The monoisotopic (exact) mass is 444 g/mol. The van der Waals surface area contributed by atoms with Crippen LogP contribution in [0.4, 0.5) is 5.69 Å². The molecule has 1 aliphatic rings. The summed E-state index contributed by atoms with van der Waals surface area (Å²) in [6.07, 6.45) is 8.89. The molecular formula is C24H32N2O4S. The normalized spacial score (nSPS) is 15.5. The topological polar surface area (TPSA) is 75.7 Å². The Bertz CT molecular complexity index is 922. The van der Waals surface area contributed by atoms with E-state index in [1.165, 1.54) is 19.3 Å². The molecule has 0 aromatic heterocycles. The number of nitrogens with zero attached hydrogens (tertiary/aromatic N) is 1. The van der Waals surface area contributed by atoms with Gasteiger partial charge in [0.05, 0.1) is 11.9 Å². The summed E-state index contributed by atoms with van der Waals surface area (Å²) in [6, 6.07) is 16.7. The van der Waals surface area contributed by atoms with Crippen molar-refractivity contribution in [1.82, 2.24) is 5.32 Å². The van der Waals surface area contributed by atoms with Gasteiger partial charge in [-0.3, -0.25) is 9.10 Å². The van der Waals surface area contributed by atoms with Gasteiger partial charge in [-0.05, 0) is 42.7 Å². The summed E-state index contributed by atoms with van der Waals surface area (Å²) in [5.41, 5.74) is 1.50. The molecule has 0 saturated heterocycles. The molecule has 31 heavy (non-hydrogen) atoms. The number of nitrogens with one attached hydrogen (secondary N) is 1. The van der Waals surface area contributed by atoms with E-state index in [4.69, 9.17) is 4.74 Å². The van der Waals surface area contributed by atoms with Crippen molar-refractivity contribution in [3.63, 3.8) is 0 Å². The Balaban J connectivity index is 1.61. The molecule has 1 amide bonds. The first-order valence-corrected chi connectivity index (χ1v) is 12.8. The minimum Gasteiger partial charge on any atom is -0.489 e. The van der Waals surface area contributed by atoms with Gasteiger partial charge in [0.2, 0.25) is 15.9 Å². The van der Waals surface area contributed by atoms with E-state index in [0.717, 1.165) is 41.8 Å². The van der Waals surface area contributed by atoms with Gasteiger partial charge in [0.1, 0.15) is 18.9 Å². The van der Waals surface area contributed by atoms with Crippen molar-refractivity contribution in [2.45, 2.75) is 57.6 Å². The fourth-order valence-corrected chi connectivity index (χ4v) is 4.71. The zero-order chi connectivity index (χ0) is 22.1. The maximum absolute atomic E-state index is 12.6. The molecule has 7 heteroatoms. The lowest BCUT2D eigenvalue weighted by Crippen LogP contribution is -2.44. The molecule has 0 radical (unpaired) electrons. The molecule has 2 aromatic carbocycles. The summed E-state index contributed by atoms with van der Waals surface area (Å²) in [4.78, 5) is 12.6. The third-order valence-electron chi connectivity index (χ3n) is 5.53. The molecule has 0 aliphatic heterocycles. The predicted octanol–water partition coefficient (Wildman–Crippen LogP) is 4.26. The van der Waals surface area contributed by atoms with E-state index in [1.807, 2.05) is 30.3 Å². The van der Waals surface area contributed by atoms with Crippen molar-refractivity contribution in [3.05, 3.63) is 60.2 Å². The number of rotatable bonds is 8. The summed E-state index contributed by atoms with van der Waals surface area (Å²) in [7, 11) is -3.60. The Hall–Kier alpha value is -2.54. The van der Waals surface area contributed by atoms with Crippen molar-refractivity contribution in [3.8, 4) is 5.75 Å². The summed E-state index contributed by atoms with van der Waals surface area (Å²) in [6.45, 7) is 0.208. The molecule has 1 fully saturated rings. The first-order chi connectivity index (χ1) is 14.9. The van der Waals surface area contributed by atoms with Crippen molar-refractivity contribution in [1.29, 1.82) is 0 Å². The molecule has 1 saturated carbocycles. The lowest BCUT2D eigenvalue weighted by molar-refractivity contribution is -0.120. The zero-order valence-corrected chi connectivity index (χ0v) is 18.9. The number of hydrogen-bond acceptors (Lipinski definition) is 4. The van der Waals surface area contributed by atoms with Crippen LogP contribution in [-0.2, 0) is 21.4 Å². The van der Waals surface area contributed by atoms with Gasteiger partial charge in [-0.25, -0.2) is 8.42 Å². The van der Waals surface area contributed by atoms with Crippen LogP contribution >= 0.6 is 0 Å². The maximum Gasteiger partial charge on any atom is 0.240 e. The fourth-order valence-electron chi connectivity index (χ4n) is 3.85. The van der Waals surface area contributed by atoms with Gasteiger partial charge in [-0.15, -0.1) is 0 Å². The number of carbonyl (C=O) groups is 1. The second kappa shape index (κ2) is 11.2. The number of hydrogen-bond donors (Lipinski definition) is 1. The van der Waals surface area contributed by atoms with E-state index in [0.29, 0.717) is 18.0 Å². The molecule has 0 bridgehead atoms. The third-order valence-corrected chi connectivity index (χ3v) is 6.67. The molecule has 1 aliphatic carbocycles. The van der Waals surface area contributed by atoms with E-state index >= 15 is 0 Å². The lowest BCUT2D eigenvalue weighted by Gasteiger charge is -2.25. The van der Waals surface area contributed by atoms with Crippen LogP contribution in [0.1, 0.15) is 50.5 Å². The number of anilines is 1. The van der Waals surface area contributed by atoms with Crippen LogP contribution in [0, 0.1) is 0 Å². The number of sulfonamides is 1. The Labute approximate surface area is 185 Å². The molecule has 1 N–H and O–H groups in total. The zero-order valence-electron chi connectivity index (χ0n) is 18.1. The standard InChI is InChI=1S/C24H32N2O4S/c1-31(28,29)26(18-24(27)25-21-12-8-3-2-4-9-13-21)22-14-16-23(17-15-22)30-19-20-10-6-5-7-11-20/h5-7,10-11,14-17,21H,2-4,8-9,12-13,18-19H2,1H3,(H,25,27). The van der Waals surface area contributed by atoms with Gasteiger partial charge in [0.25, 0.3) is 0 Å². The van der Waals surface area contributed by atoms with Crippen LogP contribution in [0.25, 0.3) is 0 Å². The average Bonchev–Trinajstić information content (AvgIpc) is 2.73. The molecule has 168 valence electrons. The Morgan fingerprint density at radius 3 is 2.19 bits per heavy atom. The third kappa shape index (κ3) is 7.58. The van der Waals surface area contributed by atoms with Crippen LogP contribution in [0.2, 0.25) is 0 Å². The van der Waals surface area contributed by atoms with Crippen LogP contribution in [0.3, 0.4) is 0 Å². The van der Waals surface area contributed by atoms with Gasteiger partial charge in [-0.1, -0.05) is 62.4 Å². The second-order valence-corrected chi connectivity index (χ2v) is 10.1. The first kappa shape index (κ1) is 23.1. The van der Waals surface area contributed by atoms with Crippen molar-refractivity contribution in [2.75, 3.05) is 17.1 Å². The number of benzene rings is 2. The number of carbonyl (C=O) groups excluding carboxylic acids is 1. The Morgan fingerprint density at radius 1 is 0.968 bits per heavy atom. The summed E-state index contributed by atoms with van der Waals surface area (Å²) in [5.74, 6) is 0.375. The van der Waals surface area contributed by atoms with Gasteiger partial charge >= 0.3 is 0 Å². The second-order valence-electron chi connectivity index (χ2n) is 8.15. The van der Waals surface area contributed by atoms with E-state index in [9.17, 15) is 13.2 Å². The smallest absolute Gasteiger partial charge is 0.240 e. The van der Waals surface area contributed by atoms with Crippen LogP contribution in [-0.4, -0.2) is 33.2 Å². The van der Waals surface area contributed by atoms with E-state index in [-0.39, 0.29) is 18.5 Å². The molecule has 0 spiro atoms. The van der Waals surface area contributed by atoms with E-state index in [2.05, 4.69) is 5.32 Å². The minimum atomic E-state index is -3.60. The molecule has 2 aromatic rings.